The lowest BCUT2D eigenvalue weighted by atomic mass is 9.90. The summed E-state index contributed by atoms with van der Waals surface area (Å²) in [4.78, 5) is 29.0. The topological polar surface area (TPSA) is 82.0 Å². The molecule has 0 saturated carbocycles. The highest BCUT2D eigenvalue weighted by Crippen LogP contribution is 2.48. The largest absolute Gasteiger partial charge is 0.363 e. The van der Waals surface area contributed by atoms with Crippen LogP contribution < -0.4 is 15.1 Å². The molecule has 0 aromatic heterocycles. The zero-order valence-electron chi connectivity index (χ0n) is 16.8. The Balaban J connectivity index is 1.77. The minimum atomic E-state index is -0.356. The van der Waals surface area contributed by atoms with E-state index in [9.17, 15) is 14.9 Å². The summed E-state index contributed by atoms with van der Waals surface area (Å²) >= 11 is 0. The molecule has 0 bridgehead atoms. The number of fused-ring (bicyclic) bond motifs is 5. The molecule has 1 N–H and O–H groups in total. The molecule has 2 atom stereocenters. The Morgan fingerprint density at radius 1 is 1.17 bits per heavy atom. The lowest BCUT2D eigenvalue weighted by molar-refractivity contribution is -0.384. The van der Waals surface area contributed by atoms with Gasteiger partial charge in [0.1, 0.15) is 0 Å². The Kier molecular flexibility index (Phi) is 4.77. The van der Waals surface area contributed by atoms with Gasteiger partial charge in [-0.2, -0.15) is 0 Å². The van der Waals surface area contributed by atoms with Crippen LogP contribution in [0.1, 0.15) is 24.4 Å². The van der Waals surface area contributed by atoms with Crippen molar-refractivity contribution >= 4 is 28.8 Å². The molecule has 8 heteroatoms. The van der Waals surface area contributed by atoms with Crippen LogP contribution in [-0.4, -0.2) is 49.6 Å². The zero-order valence-corrected chi connectivity index (χ0v) is 16.8. The third-order valence-electron chi connectivity index (χ3n) is 5.83. The smallest absolute Gasteiger partial charge is 0.317 e. The van der Waals surface area contributed by atoms with Crippen molar-refractivity contribution in [3.05, 3.63) is 58.1 Å². The first-order valence-electron chi connectivity index (χ1n) is 9.72. The fourth-order valence-corrected chi connectivity index (χ4v) is 4.32. The molecule has 29 heavy (non-hydrogen) atoms. The van der Waals surface area contributed by atoms with Crippen molar-refractivity contribution in [3.8, 4) is 0 Å². The van der Waals surface area contributed by atoms with Crippen molar-refractivity contribution in [1.82, 2.24) is 10.2 Å². The number of amides is 2. The predicted octanol–water partition coefficient (Wildman–Crippen LogP) is 3.66. The van der Waals surface area contributed by atoms with E-state index in [0.717, 1.165) is 42.0 Å². The molecule has 2 aliphatic heterocycles. The van der Waals surface area contributed by atoms with Gasteiger partial charge in [-0.25, -0.2) is 4.79 Å². The number of benzene rings is 2. The number of anilines is 3. The Morgan fingerprint density at radius 3 is 2.66 bits per heavy atom. The molecule has 2 heterocycles. The minimum Gasteiger partial charge on any atom is -0.363 e. The summed E-state index contributed by atoms with van der Waals surface area (Å²) < 4.78 is 0. The summed E-state index contributed by atoms with van der Waals surface area (Å²) in [5, 5.41) is 14.5. The van der Waals surface area contributed by atoms with E-state index in [0.29, 0.717) is 0 Å². The number of nitro benzene ring substituents is 1. The number of urea groups is 1. The van der Waals surface area contributed by atoms with Crippen LogP contribution in [0.25, 0.3) is 0 Å². The van der Waals surface area contributed by atoms with Gasteiger partial charge in [-0.1, -0.05) is 18.2 Å². The number of nitro groups is 1. The van der Waals surface area contributed by atoms with Crippen molar-refractivity contribution in [2.24, 2.45) is 0 Å². The lowest BCUT2D eigenvalue weighted by Crippen LogP contribution is -2.48. The van der Waals surface area contributed by atoms with Gasteiger partial charge in [-0.05, 0) is 30.5 Å². The van der Waals surface area contributed by atoms with Gasteiger partial charge in [0.05, 0.1) is 22.3 Å². The van der Waals surface area contributed by atoms with Gasteiger partial charge >= 0.3 is 6.03 Å². The average Bonchev–Trinajstić information content (AvgIpc) is 2.81. The third kappa shape index (κ3) is 3.35. The number of nitrogens with one attached hydrogen (secondary N) is 1. The first-order valence-corrected chi connectivity index (χ1v) is 9.72. The van der Waals surface area contributed by atoms with Crippen molar-refractivity contribution in [2.45, 2.75) is 24.9 Å². The number of carbonyl (C=O) groups is 1. The number of non-ortho nitro benzene ring substituents is 1. The number of nitrogens with zero attached hydrogens (tertiary/aromatic N) is 4. The average molecular weight is 395 g/mol. The fraction of sp³-hybridized carbons (Fsp3) is 0.381. The van der Waals surface area contributed by atoms with E-state index in [4.69, 9.17) is 0 Å². The number of carbonyl (C=O) groups excluding carboxylic acids is 1. The fourth-order valence-electron chi connectivity index (χ4n) is 4.32. The normalized spacial score (nSPS) is 20.1. The van der Waals surface area contributed by atoms with Crippen LogP contribution in [-0.2, 0) is 0 Å². The minimum absolute atomic E-state index is 0.0733. The van der Waals surface area contributed by atoms with Gasteiger partial charge in [0, 0.05) is 51.5 Å². The maximum atomic E-state index is 12.2. The van der Waals surface area contributed by atoms with E-state index in [2.05, 4.69) is 16.3 Å². The SMILES string of the molecule is CN(C)C(=O)N[C@@H]1CCN2c3ccc([N+](=O)[O-])cc3N(C)c3ccccc3[C@H]2C1. The van der Waals surface area contributed by atoms with E-state index in [1.165, 1.54) is 0 Å². The quantitative estimate of drug-likeness (QED) is 0.620. The van der Waals surface area contributed by atoms with Gasteiger partial charge < -0.3 is 20.0 Å². The van der Waals surface area contributed by atoms with E-state index in [-0.39, 0.29) is 28.7 Å². The van der Waals surface area contributed by atoms with Crippen molar-refractivity contribution in [2.75, 3.05) is 37.5 Å². The van der Waals surface area contributed by atoms with Gasteiger partial charge in [0.2, 0.25) is 0 Å². The Labute approximate surface area is 169 Å². The molecule has 0 unspecified atom stereocenters. The van der Waals surface area contributed by atoms with Crippen molar-refractivity contribution in [3.63, 3.8) is 0 Å². The van der Waals surface area contributed by atoms with Crippen LogP contribution in [0.15, 0.2) is 42.5 Å². The van der Waals surface area contributed by atoms with Crippen molar-refractivity contribution in [1.29, 1.82) is 0 Å². The van der Waals surface area contributed by atoms with Crippen LogP contribution in [0.3, 0.4) is 0 Å². The molecule has 0 spiro atoms. The van der Waals surface area contributed by atoms with Gasteiger partial charge in [-0.15, -0.1) is 0 Å². The van der Waals surface area contributed by atoms with E-state index >= 15 is 0 Å². The molecule has 8 nitrogen and oxygen atoms in total. The molecule has 1 saturated heterocycles. The molecule has 2 aromatic rings. The summed E-state index contributed by atoms with van der Waals surface area (Å²) in [6.07, 6.45) is 1.60. The van der Waals surface area contributed by atoms with E-state index in [1.54, 1.807) is 31.1 Å². The Hall–Kier alpha value is -3.29. The molecular weight excluding hydrogens is 370 g/mol. The number of para-hydroxylation sites is 1. The molecule has 4 rings (SSSR count). The first kappa shape index (κ1) is 19.0. The highest BCUT2D eigenvalue weighted by Gasteiger charge is 2.36. The summed E-state index contributed by atoms with van der Waals surface area (Å²) in [6, 6.07) is 13.3. The summed E-state index contributed by atoms with van der Waals surface area (Å²) in [5.41, 5.74) is 4.08. The van der Waals surface area contributed by atoms with Crippen LogP contribution >= 0.6 is 0 Å². The Morgan fingerprint density at radius 2 is 1.93 bits per heavy atom. The third-order valence-corrected chi connectivity index (χ3v) is 5.83. The molecule has 1 fully saturated rings. The standard InChI is InChI=1S/C21H25N5O3/c1-23(2)21(27)22-14-10-11-25-18-9-8-15(26(28)29)13-20(18)24(3)17-7-5-4-6-16(17)19(25)12-14/h4-9,13-14,19H,10-12H2,1-3H3,(H,22,27)/t14-,19-/m1/s1. The maximum Gasteiger partial charge on any atom is 0.317 e. The number of piperidine rings is 1. The molecule has 2 amide bonds. The van der Waals surface area contributed by atoms with Crippen LogP contribution in [0.5, 0.6) is 0 Å². The second-order valence-electron chi connectivity index (χ2n) is 7.82. The van der Waals surface area contributed by atoms with Crippen LogP contribution in [0, 0.1) is 10.1 Å². The summed E-state index contributed by atoms with van der Waals surface area (Å²) in [7, 11) is 5.43. The predicted molar refractivity (Wildman–Crippen MR) is 113 cm³/mol. The molecule has 0 radical (unpaired) electrons. The van der Waals surface area contributed by atoms with Gasteiger partial charge in [0.15, 0.2) is 0 Å². The monoisotopic (exact) mass is 395 g/mol. The molecule has 2 aromatic carbocycles. The van der Waals surface area contributed by atoms with Crippen molar-refractivity contribution < 1.29 is 9.72 Å². The molecule has 2 aliphatic rings. The van der Waals surface area contributed by atoms with Gasteiger partial charge in [-0.3, -0.25) is 10.1 Å². The number of rotatable bonds is 2. The highest BCUT2D eigenvalue weighted by atomic mass is 16.6. The Bertz CT molecular complexity index is 961. The van der Waals surface area contributed by atoms with Crippen LogP contribution in [0.4, 0.5) is 27.5 Å². The van der Waals surface area contributed by atoms with E-state index < -0.39 is 0 Å². The highest BCUT2D eigenvalue weighted by molar-refractivity contribution is 5.83. The maximum absolute atomic E-state index is 12.2. The second kappa shape index (κ2) is 7.27. The van der Waals surface area contributed by atoms with Crippen LogP contribution in [0.2, 0.25) is 0 Å². The lowest BCUT2D eigenvalue weighted by Gasteiger charge is -2.41. The zero-order chi connectivity index (χ0) is 20.7. The van der Waals surface area contributed by atoms with Gasteiger partial charge in [0.25, 0.3) is 5.69 Å². The summed E-state index contributed by atoms with van der Waals surface area (Å²) in [6.45, 7) is 0.760. The van der Waals surface area contributed by atoms with E-state index in [1.807, 2.05) is 36.2 Å². The molecule has 0 aliphatic carbocycles. The first-order chi connectivity index (χ1) is 13.9. The molecular formula is C21H25N5O3. The number of hydrogen-bond donors (Lipinski definition) is 1. The number of hydrogen-bond acceptors (Lipinski definition) is 5. The molecule has 152 valence electrons. The second-order valence-corrected chi connectivity index (χ2v) is 7.82. The summed E-state index contributed by atoms with van der Waals surface area (Å²) in [5.74, 6) is 0.